The number of pyridine rings is 1. The van der Waals surface area contributed by atoms with Crippen molar-refractivity contribution >= 4 is 5.69 Å². The molecule has 0 bridgehead atoms. The van der Waals surface area contributed by atoms with Gasteiger partial charge in [-0.2, -0.15) is 0 Å². The number of nitrogens with zero attached hydrogens (tertiary/aromatic N) is 2. The Morgan fingerprint density at radius 3 is 2.27 bits per heavy atom. The minimum absolute atomic E-state index is 0.919. The fraction of sp³-hybridized carbons (Fsp3) is 0.444. The van der Waals surface area contributed by atoms with Gasteiger partial charge in [0, 0.05) is 24.5 Å². The Labute approximate surface area is 68.1 Å². The van der Waals surface area contributed by atoms with Crippen LogP contribution in [0.25, 0.3) is 0 Å². The number of hydrogen-bond acceptors (Lipinski definition) is 1. The first kappa shape index (κ1) is 8.21. The largest absolute Gasteiger partial charge is 0.296 e. The molecule has 0 N–H and O–H groups in total. The number of quaternary nitrogens is 1. The first-order valence-electron chi connectivity index (χ1n) is 3.90. The summed E-state index contributed by atoms with van der Waals surface area (Å²) in [5, 5.41) is 0. The zero-order chi connectivity index (χ0) is 8.32. The Hall–Kier alpha value is -0.890. The summed E-state index contributed by atoms with van der Waals surface area (Å²) in [6.07, 6.45) is 3.68. The van der Waals surface area contributed by atoms with E-state index in [9.17, 15) is 0 Å². The Morgan fingerprint density at radius 1 is 1.27 bits per heavy atom. The fourth-order valence-electron chi connectivity index (χ4n) is 0.930. The quantitative estimate of drug-likeness (QED) is 0.586. The van der Waals surface area contributed by atoms with Crippen LogP contribution >= 0.6 is 0 Å². The highest BCUT2D eigenvalue weighted by molar-refractivity contribution is 5.38. The molecule has 2 heteroatoms. The molecular formula is C9H15N2+. The highest BCUT2D eigenvalue weighted by Crippen LogP contribution is 2.15. The van der Waals surface area contributed by atoms with E-state index < -0.39 is 0 Å². The molecule has 1 rings (SSSR count). The number of hydrogen-bond donors (Lipinski definition) is 0. The molecule has 0 aromatic carbocycles. The maximum absolute atomic E-state index is 3.98. The summed E-state index contributed by atoms with van der Waals surface area (Å²) in [5.41, 5.74) is 1.31. The van der Waals surface area contributed by atoms with Crippen molar-refractivity contribution in [1.29, 1.82) is 0 Å². The normalized spacial score (nSPS) is 11.5. The third kappa shape index (κ3) is 1.77. The summed E-state index contributed by atoms with van der Waals surface area (Å²) in [4.78, 5) is 3.98. The van der Waals surface area contributed by atoms with E-state index in [1.807, 2.05) is 12.4 Å². The van der Waals surface area contributed by atoms with Crippen LogP contribution in [-0.4, -0.2) is 25.6 Å². The van der Waals surface area contributed by atoms with Crippen LogP contribution in [0.4, 0.5) is 5.69 Å². The van der Waals surface area contributed by atoms with E-state index in [1.165, 1.54) is 5.69 Å². The lowest BCUT2D eigenvalue weighted by Gasteiger charge is -2.27. The Balaban J connectivity index is 2.93. The van der Waals surface area contributed by atoms with Crippen LogP contribution in [0.2, 0.25) is 0 Å². The van der Waals surface area contributed by atoms with Crippen molar-refractivity contribution in [3.05, 3.63) is 24.5 Å². The molecule has 0 spiro atoms. The molecule has 0 amide bonds. The molecule has 1 aromatic heterocycles. The summed E-state index contributed by atoms with van der Waals surface area (Å²) >= 11 is 0. The summed E-state index contributed by atoms with van der Waals surface area (Å²) in [7, 11) is 4.38. The Morgan fingerprint density at radius 2 is 1.82 bits per heavy atom. The van der Waals surface area contributed by atoms with Gasteiger partial charge in [-0.15, -0.1) is 0 Å². The van der Waals surface area contributed by atoms with Gasteiger partial charge < -0.3 is 0 Å². The van der Waals surface area contributed by atoms with Crippen molar-refractivity contribution < 1.29 is 0 Å². The molecule has 0 aliphatic heterocycles. The van der Waals surface area contributed by atoms with E-state index >= 15 is 0 Å². The second-order valence-corrected chi connectivity index (χ2v) is 3.21. The molecule has 0 fully saturated rings. The van der Waals surface area contributed by atoms with Gasteiger partial charge in [-0.05, 0) is 6.92 Å². The molecule has 0 saturated carbocycles. The van der Waals surface area contributed by atoms with Crippen LogP contribution < -0.4 is 4.48 Å². The van der Waals surface area contributed by atoms with E-state index in [0.29, 0.717) is 0 Å². The van der Waals surface area contributed by atoms with Crippen molar-refractivity contribution in [3.8, 4) is 0 Å². The molecule has 0 unspecified atom stereocenters. The van der Waals surface area contributed by atoms with Gasteiger partial charge in [0.15, 0.2) is 0 Å². The minimum atomic E-state index is 0.919. The maximum Gasteiger partial charge on any atom is 0.135 e. The standard InChI is InChI=1S/C9H15N2/c1-4-11(2,3)9-5-7-10-8-6-9/h5-8H,4H2,1-3H3/q+1. The summed E-state index contributed by atoms with van der Waals surface area (Å²) in [6.45, 7) is 3.28. The van der Waals surface area contributed by atoms with Crippen LogP contribution in [0.3, 0.4) is 0 Å². The topological polar surface area (TPSA) is 12.9 Å². The van der Waals surface area contributed by atoms with Gasteiger partial charge in [0.1, 0.15) is 5.69 Å². The predicted octanol–water partition coefficient (Wildman–Crippen LogP) is 1.67. The van der Waals surface area contributed by atoms with Crippen molar-refractivity contribution in [3.63, 3.8) is 0 Å². The van der Waals surface area contributed by atoms with Gasteiger partial charge in [-0.3, -0.25) is 9.47 Å². The summed E-state index contributed by atoms with van der Waals surface area (Å²) in [5.74, 6) is 0. The SMILES string of the molecule is CC[N+](C)(C)c1ccncc1. The molecule has 60 valence electrons. The average molecular weight is 151 g/mol. The van der Waals surface area contributed by atoms with Crippen LogP contribution in [0.15, 0.2) is 24.5 Å². The summed E-state index contributed by atoms with van der Waals surface area (Å²) < 4.78 is 0.919. The van der Waals surface area contributed by atoms with Gasteiger partial charge >= 0.3 is 0 Å². The van der Waals surface area contributed by atoms with Crippen LogP contribution in [0.5, 0.6) is 0 Å². The average Bonchev–Trinajstić information content (AvgIpc) is 2.06. The van der Waals surface area contributed by atoms with Gasteiger partial charge in [0.25, 0.3) is 0 Å². The molecule has 11 heavy (non-hydrogen) atoms. The van der Waals surface area contributed by atoms with Gasteiger partial charge in [-0.1, -0.05) is 0 Å². The molecule has 0 aliphatic rings. The second kappa shape index (κ2) is 3.01. The first-order valence-corrected chi connectivity index (χ1v) is 3.90. The third-order valence-electron chi connectivity index (χ3n) is 2.15. The lowest BCUT2D eigenvalue weighted by atomic mass is 10.3. The molecule has 1 heterocycles. The monoisotopic (exact) mass is 151 g/mol. The Kier molecular flexibility index (Phi) is 2.25. The van der Waals surface area contributed by atoms with Gasteiger partial charge in [-0.25, -0.2) is 0 Å². The van der Waals surface area contributed by atoms with Crippen molar-refractivity contribution in [1.82, 2.24) is 9.47 Å². The molecule has 0 saturated heterocycles. The zero-order valence-corrected chi connectivity index (χ0v) is 7.41. The smallest absolute Gasteiger partial charge is 0.135 e. The lowest BCUT2D eigenvalue weighted by molar-refractivity contribution is 0.420. The second-order valence-electron chi connectivity index (χ2n) is 3.21. The van der Waals surface area contributed by atoms with Gasteiger partial charge in [0.05, 0.1) is 20.6 Å². The molecule has 0 radical (unpaired) electrons. The van der Waals surface area contributed by atoms with E-state index in [0.717, 1.165) is 11.0 Å². The van der Waals surface area contributed by atoms with E-state index in [-0.39, 0.29) is 0 Å². The van der Waals surface area contributed by atoms with Gasteiger partial charge in [0.2, 0.25) is 0 Å². The van der Waals surface area contributed by atoms with Crippen LogP contribution in [0, 0.1) is 0 Å². The van der Waals surface area contributed by atoms with E-state index in [1.54, 1.807) is 0 Å². The third-order valence-corrected chi connectivity index (χ3v) is 2.15. The predicted molar refractivity (Wildman–Crippen MR) is 48.4 cm³/mol. The molecule has 0 atom stereocenters. The molecular weight excluding hydrogens is 136 g/mol. The molecule has 2 nitrogen and oxygen atoms in total. The Bertz CT molecular complexity index is 216. The van der Waals surface area contributed by atoms with Crippen LogP contribution in [-0.2, 0) is 0 Å². The maximum atomic E-state index is 3.98. The minimum Gasteiger partial charge on any atom is -0.296 e. The first-order chi connectivity index (χ1) is 5.17. The zero-order valence-electron chi connectivity index (χ0n) is 7.41. The van der Waals surface area contributed by atoms with E-state index in [2.05, 4.69) is 38.1 Å². The number of aromatic nitrogens is 1. The lowest BCUT2D eigenvalue weighted by Crippen LogP contribution is -2.39. The van der Waals surface area contributed by atoms with Crippen molar-refractivity contribution in [2.45, 2.75) is 6.92 Å². The fourth-order valence-corrected chi connectivity index (χ4v) is 0.930. The highest BCUT2D eigenvalue weighted by atomic mass is 15.3. The van der Waals surface area contributed by atoms with Crippen molar-refractivity contribution in [2.24, 2.45) is 0 Å². The highest BCUT2D eigenvalue weighted by Gasteiger charge is 2.14. The molecule has 1 aromatic rings. The summed E-state index contributed by atoms with van der Waals surface area (Å²) in [6, 6.07) is 4.12. The van der Waals surface area contributed by atoms with Crippen molar-refractivity contribution in [2.75, 3.05) is 20.6 Å². The molecule has 0 aliphatic carbocycles. The number of rotatable bonds is 2. The van der Waals surface area contributed by atoms with Crippen LogP contribution in [0.1, 0.15) is 6.92 Å². The van der Waals surface area contributed by atoms with E-state index in [4.69, 9.17) is 0 Å².